The first-order valence-electron chi connectivity index (χ1n) is 7.03. The molecule has 114 valence electrons. The molecule has 0 radical (unpaired) electrons. The summed E-state index contributed by atoms with van der Waals surface area (Å²) in [6.07, 6.45) is 0. The van der Waals surface area contributed by atoms with Crippen LogP contribution in [-0.4, -0.2) is 22.4 Å². The van der Waals surface area contributed by atoms with Gasteiger partial charge in [0.25, 0.3) is 0 Å². The maximum absolute atomic E-state index is 9.43. The number of nitrogens with one attached hydrogen (secondary N) is 1. The van der Waals surface area contributed by atoms with Crippen LogP contribution in [0.4, 0.5) is 5.69 Å². The van der Waals surface area contributed by atoms with Crippen molar-refractivity contribution in [2.45, 2.75) is 0 Å². The summed E-state index contributed by atoms with van der Waals surface area (Å²) in [5, 5.41) is 13.6. The monoisotopic (exact) mass is 305 g/mol. The maximum Gasteiger partial charge on any atom is 0.203 e. The van der Waals surface area contributed by atoms with Crippen LogP contribution >= 0.6 is 0 Å². The molecule has 0 amide bonds. The maximum atomic E-state index is 9.43. The van der Waals surface area contributed by atoms with Crippen LogP contribution in [0.3, 0.4) is 0 Å². The van der Waals surface area contributed by atoms with E-state index in [1.165, 1.54) is 0 Å². The minimum Gasteiger partial charge on any atom is -0.495 e. The van der Waals surface area contributed by atoms with Gasteiger partial charge < -0.3 is 9.30 Å². The van der Waals surface area contributed by atoms with Crippen LogP contribution in [-0.2, 0) is 7.05 Å². The van der Waals surface area contributed by atoms with Gasteiger partial charge in [-0.15, -0.1) is 0 Å². The molecule has 1 aromatic heterocycles. The predicted octanol–water partition coefficient (Wildman–Crippen LogP) is 2.92. The summed E-state index contributed by atoms with van der Waals surface area (Å²) in [5.41, 5.74) is 5.53. The molecule has 0 atom stereocenters. The minimum absolute atomic E-state index is 0.203. The number of nitrogens with zero attached hydrogens (tertiary/aromatic N) is 4. The molecule has 1 heterocycles. The summed E-state index contributed by atoms with van der Waals surface area (Å²) < 4.78 is 7.10. The fourth-order valence-corrected chi connectivity index (χ4v) is 2.34. The van der Waals surface area contributed by atoms with Gasteiger partial charge >= 0.3 is 0 Å². The molecular formula is C17H15N5O. The summed E-state index contributed by atoms with van der Waals surface area (Å²) >= 11 is 0. The predicted molar refractivity (Wildman–Crippen MR) is 89.5 cm³/mol. The van der Waals surface area contributed by atoms with Gasteiger partial charge in [0, 0.05) is 7.05 Å². The lowest BCUT2D eigenvalue weighted by Gasteiger charge is -2.07. The Balaban J connectivity index is 1.98. The van der Waals surface area contributed by atoms with Gasteiger partial charge in [-0.3, -0.25) is 5.43 Å². The molecule has 0 unspecified atom stereocenters. The van der Waals surface area contributed by atoms with Gasteiger partial charge in [-0.25, -0.2) is 4.98 Å². The van der Waals surface area contributed by atoms with Crippen molar-refractivity contribution >= 4 is 22.4 Å². The van der Waals surface area contributed by atoms with Crippen LogP contribution < -0.4 is 10.2 Å². The second kappa shape index (κ2) is 6.20. The van der Waals surface area contributed by atoms with Crippen molar-refractivity contribution < 1.29 is 4.74 Å². The van der Waals surface area contributed by atoms with Gasteiger partial charge in [-0.05, 0) is 24.3 Å². The Hall–Kier alpha value is -3.33. The van der Waals surface area contributed by atoms with Crippen LogP contribution in [0.15, 0.2) is 53.6 Å². The van der Waals surface area contributed by atoms with Crippen LogP contribution in [0.25, 0.3) is 11.0 Å². The number of nitriles is 1. The number of para-hydroxylation sites is 4. The summed E-state index contributed by atoms with van der Waals surface area (Å²) in [7, 11) is 3.45. The highest BCUT2D eigenvalue weighted by Gasteiger charge is 2.13. The highest BCUT2D eigenvalue weighted by molar-refractivity contribution is 6.11. The Bertz CT molecular complexity index is 920. The number of methoxy groups -OCH3 is 1. The second-order valence-corrected chi connectivity index (χ2v) is 4.87. The van der Waals surface area contributed by atoms with Crippen molar-refractivity contribution in [2.24, 2.45) is 12.1 Å². The molecule has 3 aromatic rings. The average molecular weight is 305 g/mol. The van der Waals surface area contributed by atoms with E-state index in [0.717, 1.165) is 11.0 Å². The topological polar surface area (TPSA) is 75.2 Å². The van der Waals surface area contributed by atoms with Crippen molar-refractivity contribution in [2.75, 3.05) is 12.5 Å². The molecule has 0 aliphatic heterocycles. The Morgan fingerprint density at radius 3 is 2.70 bits per heavy atom. The van der Waals surface area contributed by atoms with Crippen LogP contribution in [0.5, 0.6) is 5.75 Å². The molecule has 1 N–H and O–H groups in total. The number of aryl methyl sites for hydroxylation is 1. The zero-order valence-corrected chi connectivity index (χ0v) is 12.8. The summed E-state index contributed by atoms with van der Waals surface area (Å²) in [6, 6.07) is 17.2. The number of fused-ring (bicyclic) bond motifs is 1. The van der Waals surface area contributed by atoms with Crippen molar-refractivity contribution in [1.29, 1.82) is 5.26 Å². The molecular weight excluding hydrogens is 290 g/mol. The smallest absolute Gasteiger partial charge is 0.203 e. The SMILES string of the molecule is COc1ccccc1NN=C(C#N)c1nc2ccccc2n1C. The van der Waals surface area contributed by atoms with Gasteiger partial charge in [0.1, 0.15) is 11.8 Å². The number of aromatic nitrogens is 2. The zero-order valence-electron chi connectivity index (χ0n) is 12.8. The lowest BCUT2D eigenvalue weighted by molar-refractivity contribution is 0.416. The molecule has 6 nitrogen and oxygen atoms in total. The number of imidazole rings is 1. The molecule has 0 fully saturated rings. The normalized spacial score (nSPS) is 11.3. The van der Waals surface area contributed by atoms with E-state index in [1.54, 1.807) is 7.11 Å². The van der Waals surface area contributed by atoms with E-state index >= 15 is 0 Å². The molecule has 6 heteroatoms. The zero-order chi connectivity index (χ0) is 16.2. The third-order valence-electron chi connectivity index (χ3n) is 3.50. The van der Waals surface area contributed by atoms with Gasteiger partial charge in [0.2, 0.25) is 5.71 Å². The first kappa shape index (κ1) is 14.6. The van der Waals surface area contributed by atoms with Crippen molar-refractivity contribution in [3.8, 4) is 11.8 Å². The number of rotatable bonds is 4. The van der Waals surface area contributed by atoms with Crippen LogP contribution in [0.1, 0.15) is 5.82 Å². The van der Waals surface area contributed by atoms with E-state index in [2.05, 4.69) is 21.6 Å². The van der Waals surface area contributed by atoms with Crippen LogP contribution in [0.2, 0.25) is 0 Å². The lowest BCUT2D eigenvalue weighted by atomic mass is 10.3. The molecule has 3 rings (SSSR count). The standard InChI is InChI=1S/C17H15N5O/c1-22-15-9-5-3-7-12(15)19-17(22)14(11-18)21-20-13-8-4-6-10-16(13)23-2/h3-10,20H,1-2H3. The molecule has 0 spiro atoms. The van der Waals surface area contributed by atoms with E-state index in [4.69, 9.17) is 4.74 Å². The highest BCUT2D eigenvalue weighted by atomic mass is 16.5. The number of benzene rings is 2. The van der Waals surface area contributed by atoms with Gasteiger partial charge in [-0.1, -0.05) is 24.3 Å². The molecule has 23 heavy (non-hydrogen) atoms. The largest absolute Gasteiger partial charge is 0.495 e. The summed E-state index contributed by atoms with van der Waals surface area (Å²) in [6.45, 7) is 0. The van der Waals surface area contributed by atoms with E-state index < -0.39 is 0 Å². The molecule has 0 saturated heterocycles. The van der Waals surface area contributed by atoms with Crippen molar-refractivity contribution in [3.63, 3.8) is 0 Å². The highest BCUT2D eigenvalue weighted by Crippen LogP contribution is 2.23. The second-order valence-electron chi connectivity index (χ2n) is 4.87. The Kier molecular flexibility index (Phi) is 3.93. The average Bonchev–Trinajstić information content (AvgIpc) is 2.93. The van der Waals surface area contributed by atoms with Crippen molar-refractivity contribution in [3.05, 3.63) is 54.4 Å². The number of hydrazone groups is 1. The number of anilines is 1. The van der Waals surface area contributed by atoms with Gasteiger partial charge in [0.05, 0.1) is 23.8 Å². The van der Waals surface area contributed by atoms with E-state index in [9.17, 15) is 5.26 Å². The fourth-order valence-electron chi connectivity index (χ4n) is 2.34. The Morgan fingerprint density at radius 2 is 1.96 bits per heavy atom. The van der Waals surface area contributed by atoms with Gasteiger partial charge in [-0.2, -0.15) is 10.4 Å². The van der Waals surface area contributed by atoms with E-state index in [0.29, 0.717) is 17.3 Å². The molecule has 0 aliphatic carbocycles. The van der Waals surface area contributed by atoms with Gasteiger partial charge in [0.15, 0.2) is 5.82 Å². The molecule has 0 saturated carbocycles. The van der Waals surface area contributed by atoms with Crippen molar-refractivity contribution in [1.82, 2.24) is 9.55 Å². The molecule has 0 aliphatic rings. The Labute approximate surface area is 133 Å². The quantitative estimate of drug-likeness (QED) is 0.594. The first-order valence-corrected chi connectivity index (χ1v) is 7.03. The third-order valence-corrected chi connectivity index (χ3v) is 3.50. The summed E-state index contributed by atoms with van der Waals surface area (Å²) in [5.74, 6) is 1.16. The first-order chi connectivity index (χ1) is 11.2. The number of hydrogen-bond donors (Lipinski definition) is 1. The van der Waals surface area contributed by atoms with E-state index in [-0.39, 0.29) is 5.71 Å². The molecule has 0 bridgehead atoms. The minimum atomic E-state index is 0.203. The van der Waals surface area contributed by atoms with E-state index in [1.807, 2.05) is 60.1 Å². The van der Waals surface area contributed by atoms with Crippen LogP contribution in [0, 0.1) is 11.3 Å². The fraction of sp³-hybridized carbons (Fsp3) is 0.118. The number of ether oxygens (including phenoxy) is 1. The lowest BCUT2D eigenvalue weighted by Crippen LogP contribution is -2.09. The third kappa shape index (κ3) is 2.72. The summed E-state index contributed by atoms with van der Waals surface area (Å²) in [4.78, 5) is 4.48. The number of hydrogen-bond acceptors (Lipinski definition) is 5. The Morgan fingerprint density at radius 1 is 1.22 bits per heavy atom. The molecule has 2 aromatic carbocycles.